The van der Waals surface area contributed by atoms with Gasteiger partial charge in [0.15, 0.2) is 0 Å². The van der Waals surface area contributed by atoms with E-state index in [2.05, 4.69) is 26.2 Å². The lowest BCUT2D eigenvalue weighted by Crippen LogP contribution is -2.13. The third-order valence-corrected chi connectivity index (χ3v) is 3.53. The Morgan fingerprint density at radius 2 is 2.05 bits per heavy atom. The molecule has 0 unspecified atom stereocenters. The number of hydrogen-bond donors (Lipinski definition) is 2. The lowest BCUT2D eigenvalue weighted by molar-refractivity contribution is 0.102. The molecule has 0 bridgehead atoms. The number of amides is 1. The smallest absolute Gasteiger partial charge is 0.257 e. The van der Waals surface area contributed by atoms with E-state index >= 15 is 0 Å². The molecule has 4 nitrogen and oxygen atoms in total. The average Bonchev–Trinajstić information content (AvgIpc) is 2.36. The predicted octanol–water partition coefficient (Wildman–Crippen LogP) is 3.99. The summed E-state index contributed by atoms with van der Waals surface area (Å²) in [7, 11) is 0. The van der Waals surface area contributed by atoms with Crippen molar-refractivity contribution in [3.05, 3.63) is 50.5 Å². The number of nitrogen functional groups attached to an aromatic ring is 1. The number of nitrogens with two attached hydrogens (primary N) is 1. The number of nitrogens with zero attached hydrogens (tertiary/aromatic N) is 1. The number of anilines is 2. The van der Waals surface area contributed by atoms with Gasteiger partial charge in [-0.05, 0) is 40.2 Å². The van der Waals surface area contributed by atoms with E-state index in [1.807, 2.05) is 0 Å². The maximum atomic E-state index is 12.1. The second-order valence-electron chi connectivity index (χ2n) is 3.67. The molecule has 0 radical (unpaired) electrons. The van der Waals surface area contributed by atoms with Crippen LogP contribution in [0.3, 0.4) is 0 Å². The summed E-state index contributed by atoms with van der Waals surface area (Å²) in [6.45, 7) is 0. The number of hydrogen-bond acceptors (Lipinski definition) is 3. The normalized spacial score (nSPS) is 10.3. The van der Waals surface area contributed by atoms with Crippen molar-refractivity contribution in [2.75, 3.05) is 11.1 Å². The molecule has 2 aromatic rings. The van der Waals surface area contributed by atoms with Crippen LogP contribution in [0.25, 0.3) is 0 Å². The fraction of sp³-hybridized carbons (Fsp3) is 0. The van der Waals surface area contributed by atoms with E-state index in [9.17, 15) is 4.79 Å². The van der Waals surface area contributed by atoms with Gasteiger partial charge in [-0.3, -0.25) is 4.79 Å². The number of pyridine rings is 1. The van der Waals surface area contributed by atoms with Gasteiger partial charge in [-0.25, -0.2) is 4.98 Å². The largest absolute Gasteiger partial charge is 0.384 e. The van der Waals surface area contributed by atoms with E-state index in [1.165, 1.54) is 12.3 Å². The number of benzene rings is 1. The predicted molar refractivity (Wildman–Crippen MR) is 80.8 cm³/mol. The van der Waals surface area contributed by atoms with Crippen molar-refractivity contribution in [1.29, 1.82) is 0 Å². The number of rotatable bonds is 2. The van der Waals surface area contributed by atoms with Crippen molar-refractivity contribution in [2.45, 2.75) is 0 Å². The first-order valence-electron chi connectivity index (χ1n) is 5.15. The maximum Gasteiger partial charge on any atom is 0.257 e. The Bertz CT molecular complexity index is 649. The van der Waals surface area contributed by atoms with Crippen molar-refractivity contribution < 1.29 is 4.79 Å². The zero-order valence-corrected chi connectivity index (χ0v) is 12.6. The molecule has 0 aliphatic carbocycles. The second-order valence-corrected chi connectivity index (χ2v) is 5.37. The van der Waals surface area contributed by atoms with Crippen LogP contribution in [-0.2, 0) is 0 Å². The fourth-order valence-corrected chi connectivity index (χ4v) is 2.12. The van der Waals surface area contributed by atoms with Crippen molar-refractivity contribution in [3.63, 3.8) is 0 Å². The molecule has 0 aliphatic heterocycles. The molecule has 0 fully saturated rings. The summed E-state index contributed by atoms with van der Waals surface area (Å²) in [5, 5.41) is 3.44. The van der Waals surface area contributed by atoms with E-state index in [0.717, 1.165) is 0 Å². The molecule has 98 valence electrons. The van der Waals surface area contributed by atoms with Crippen molar-refractivity contribution in [3.8, 4) is 0 Å². The fourth-order valence-electron chi connectivity index (χ4n) is 1.41. The summed E-state index contributed by atoms with van der Waals surface area (Å²) in [6, 6.07) is 6.48. The monoisotopic (exact) mass is 359 g/mol. The van der Waals surface area contributed by atoms with Crippen LogP contribution >= 0.6 is 39.1 Å². The molecular formula is C12H8BrCl2N3O. The zero-order chi connectivity index (χ0) is 14.0. The van der Waals surface area contributed by atoms with Crippen LogP contribution in [0.4, 0.5) is 11.5 Å². The molecule has 1 amide bonds. The quantitative estimate of drug-likeness (QED) is 0.850. The Hall–Kier alpha value is -1.30. The number of nitrogens with one attached hydrogen (secondary N) is 1. The van der Waals surface area contributed by atoms with E-state index in [4.69, 9.17) is 28.9 Å². The number of carbonyl (C=O) groups excluding carboxylic acids is 1. The Labute approximate surface area is 128 Å². The summed E-state index contributed by atoms with van der Waals surface area (Å²) in [6.07, 6.45) is 1.33. The minimum atomic E-state index is -0.387. The van der Waals surface area contributed by atoms with Crippen LogP contribution in [0.5, 0.6) is 0 Å². The molecule has 0 saturated carbocycles. The van der Waals surface area contributed by atoms with Gasteiger partial charge >= 0.3 is 0 Å². The van der Waals surface area contributed by atoms with Gasteiger partial charge in [0, 0.05) is 15.7 Å². The standard InChI is InChI=1S/C12H8BrCl2N3O/c13-8-2-1-6(14)3-10(8)18-12(19)7-4-11(16)17-5-9(7)15/h1-5H,(H2,16,17)(H,18,19). The summed E-state index contributed by atoms with van der Waals surface area (Å²) in [4.78, 5) is 15.9. The molecule has 1 heterocycles. The van der Waals surface area contributed by atoms with Gasteiger partial charge in [-0.1, -0.05) is 23.2 Å². The van der Waals surface area contributed by atoms with Crippen molar-refractivity contribution in [2.24, 2.45) is 0 Å². The van der Waals surface area contributed by atoms with Crippen molar-refractivity contribution >= 4 is 56.5 Å². The highest BCUT2D eigenvalue weighted by atomic mass is 79.9. The maximum absolute atomic E-state index is 12.1. The summed E-state index contributed by atoms with van der Waals surface area (Å²) >= 11 is 15.1. The topological polar surface area (TPSA) is 68.0 Å². The van der Waals surface area contributed by atoms with Crippen LogP contribution in [0, 0.1) is 0 Å². The summed E-state index contributed by atoms with van der Waals surface area (Å²) in [5.41, 5.74) is 6.33. The van der Waals surface area contributed by atoms with Crippen LogP contribution in [-0.4, -0.2) is 10.9 Å². The van der Waals surface area contributed by atoms with Gasteiger partial charge in [0.2, 0.25) is 0 Å². The number of halogens is 3. The molecule has 19 heavy (non-hydrogen) atoms. The number of carbonyl (C=O) groups is 1. The van der Waals surface area contributed by atoms with Gasteiger partial charge < -0.3 is 11.1 Å². The zero-order valence-electron chi connectivity index (χ0n) is 9.45. The molecule has 1 aromatic heterocycles. The molecule has 7 heteroatoms. The molecule has 0 atom stereocenters. The summed E-state index contributed by atoms with van der Waals surface area (Å²) < 4.78 is 0.711. The third-order valence-electron chi connectivity index (χ3n) is 2.30. The Balaban J connectivity index is 2.30. The Morgan fingerprint density at radius 3 is 2.79 bits per heavy atom. The Kier molecular flexibility index (Phi) is 4.29. The highest BCUT2D eigenvalue weighted by molar-refractivity contribution is 9.10. The van der Waals surface area contributed by atoms with Gasteiger partial charge in [0.25, 0.3) is 5.91 Å². The molecule has 3 N–H and O–H groups in total. The highest BCUT2D eigenvalue weighted by Gasteiger charge is 2.13. The van der Waals surface area contributed by atoms with Crippen LogP contribution in [0.1, 0.15) is 10.4 Å². The van der Waals surface area contributed by atoms with Gasteiger partial charge in [0.1, 0.15) is 5.82 Å². The number of aromatic nitrogens is 1. The van der Waals surface area contributed by atoms with E-state index < -0.39 is 0 Å². The molecule has 0 saturated heterocycles. The lowest BCUT2D eigenvalue weighted by Gasteiger charge is -2.09. The molecule has 2 rings (SSSR count). The van der Waals surface area contributed by atoms with Crippen LogP contribution in [0.15, 0.2) is 34.9 Å². The molecular weight excluding hydrogens is 353 g/mol. The SMILES string of the molecule is Nc1cc(C(=O)Nc2cc(Cl)ccc2Br)c(Cl)cn1. The van der Waals surface area contributed by atoms with Crippen LogP contribution in [0.2, 0.25) is 10.0 Å². The molecule has 0 aliphatic rings. The van der Waals surface area contributed by atoms with E-state index in [-0.39, 0.29) is 22.3 Å². The van der Waals surface area contributed by atoms with Gasteiger partial charge in [-0.2, -0.15) is 0 Å². The first-order chi connectivity index (χ1) is 8.97. The Morgan fingerprint density at radius 1 is 1.32 bits per heavy atom. The van der Waals surface area contributed by atoms with Crippen molar-refractivity contribution in [1.82, 2.24) is 4.98 Å². The lowest BCUT2D eigenvalue weighted by atomic mass is 10.2. The van der Waals surface area contributed by atoms with E-state index in [0.29, 0.717) is 15.2 Å². The minimum absolute atomic E-state index is 0.222. The summed E-state index contributed by atoms with van der Waals surface area (Å²) in [5.74, 6) is -0.165. The van der Waals surface area contributed by atoms with E-state index in [1.54, 1.807) is 18.2 Å². The highest BCUT2D eigenvalue weighted by Crippen LogP contribution is 2.27. The third kappa shape index (κ3) is 3.37. The first-order valence-corrected chi connectivity index (χ1v) is 6.69. The van der Waals surface area contributed by atoms with Crippen LogP contribution < -0.4 is 11.1 Å². The van der Waals surface area contributed by atoms with Gasteiger partial charge in [-0.15, -0.1) is 0 Å². The molecule has 1 aromatic carbocycles. The molecule has 0 spiro atoms. The minimum Gasteiger partial charge on any atom is -0.384 e. The first kappa shape index (κ1) is 14.1. The average molecular weight is 361 g/mol. The van der Waals surface area contributed by atoms with Gasteiger partial charge in [0.05, 0.1) is 16.3 Å². The second kappa shape index (κ2) is 5.77.